The van der Waals surface area contributed by atoms with Crippen LogP contribution in [0.25, 0.3) is 11.0 Å². The number of furan rings is 1. The van der Waals surface area contributed by atoms with Gasteiger partial charge in [-0.15, -0.1) is 0 Å². The van der Waals surface area contributed by atoms with Crippen LogP contribution in [0, 0.1) is 6.92 Å². The third-order valence-electron chi connectivity index (χ3n) is 3.40. The van der Waals surface area contributed by atoms with Crippen molar-refractivity contribution < 1.29 is 9.15 Å². The second-order valence-corrected chi connectivity index (χ2v) is 5.76. The molecule has 1 N–H and O–H groups in total. The molecule has 108 valence electrons. The van der Waals surface area contributed by atoms with Crippen molar-refractivity contribution in [1.82, 2.24) is 0 Å². The van der Waals surface area contributed by atoms with Crippen molar-refractivity contribution in [3.63, 3.8) is 0 Å². The highest BCUT2D eigenvalue weighted by molar-refractivity contribution is 9.10. The highest BCUT2D eigenvalue weighted by Crippen LogP contribution is 2.29. The molecule has 4 heteroatoms. The van der Waals surface area contributed by atoms with E-state index < -0.39 is 0 Å². The molecule has 0 bridgehead atoms. The van der Waals surface area contributed by atoms with Crippen molar-refractivity contribution in [1.29, 1.82) is 0 Å². The fourth-order valence-electron chi connectivity index (χ4n) is 2.28. The van der Waals surface area contributed by atoms with Crippen molar-refractivity contribution in [3.8, 4) is 5.75 Å². The van der Waals surface area contributed by atoms with Gasteiger partial charge >= 0.3 is 0 Å². The van der Waals surface area contributed by atoms with Crippen LogP contribution in [0.3, 0.4) is 0 Å². The largest absolute Gasteiger partial charge is 0.493 e. The summed E-state index contributed by atoms with van der Waals surface area (Å²) in [5.41, 5.74) is 3.07. The Kier molecular flexibility index (Phi) is 3.88. The maximum absolute atomic E-state index is 5.87. The molecule has 0 aliphatic carbocycles. The van der Waals surface area contributed by atoms with E-state index in [1.165, 1.54) is 5.56 Å². The second kappa shape index (κ2) is 5.82. The lowest BCUT2D eigenvalue weighted by Crippen LogP contribution is -1.98. The number of methoxy groups -OCH3 is 1. The lowest BCUT2D eigenvalue weighted by atomic mass is 10.2. The van der Waals surface area contributed by atoms with Crippen LogP contribution in [0.1, 0.15) is 11.3 Å². The van der Waals surface area contributed by atoms with E-state index in [9.17, 15) is 0 Å². The van der Waals surface area contributed by atoms with Gasteiger partial charge in [-0.05, 0) is 42.8 Å². The topological polar surface area (TPSA) is 34.4 Å². The smallest absolute Gasteiger partial charge is 0.176 e. The van der Waals surface area contributed by atoms with Gasteiger partial charge in [-0.2, -0.15) is 0 Å². The van der Waals surface area contributed by atoms with Gasteiger partial charge in [0.2, 0.25) is 0 Å². The molecule has 0 aliphatic rings. The minimum absolute atomic E-state index is 0.638. The number of hydrogen-bond donors (Lipinski definition) is 1. The Bertz CT molecular complexity index is 780. The summed E-state index contributed by atoms with van der Waals surface area (Å²) in [6.45, 7) is 2.71. The SMILES string of the molecule is COc1cccc2cc(CNc3ccc(Br)c(C)c3)oc12. The van der Waals surface area contributed by atoms with Gasteiger partial charge in [-0.25, -0.2) is 0 Å². The van der Waals surface area contributed by atoms with E-state index in [2.05, 4.69) is 34.2 Å². The molecule has 3 nitrogen and oxygen atoms in total. The Morgan fingerprint density at radius 1 is 1.19 bits per heavy atom. The number of rotatable bonds is 4. The molecule has 2 aromatic carbocycles. The molecule has 0 atom stereocenters. The van der Waals surface area contributed by atoms with Crippen molar-refractivity contribution in [2.24, 2.45) is 0 Å². The van der Waals surface area contributed by atoms with Gasteiger partial charge in [0, 0.05) is 15.5 Å². The van der Waals surface area contributed by atoms with E-state index in [0.29, 0.717) is 6.54 Å². The van der Waals surface area contributed by atoms with Gasteiger partial charge in [0.25, 0.3) is 0 Å². The average molecular weight is 346 g/mol. The van der Waals surface area contributed by atoms with Gasteiger partial charge in [-0.3, -0.25) is 0 Å². The monoisotopic (exact) mass is 345 g/mol. The molecule has 0 aliphatic heterocycles. The molecule has 0 radical (unpaired) electrons. The molecule has 3 aromatic rings. The zero-order valence-electron chi connectivity index (χ0n) is 11.9. The third kappa shape index (κ3) is 2.90. The van der Waals surface area contributed by atoms with Crippen LogP contribution in [0.2, 0.25) is 0 Å². The van der Waals surface area contributed by atoms with Crippen LogP contribution in [-0.4, -0.2) is 7.11 Å². The number of hydrogen-bond acceptors (Lipinski definition) is 3. The molecule has 0 amide bonds. The van der Waals surface area contributed by atoms with Crippen LogP contribution < -0.4 is 10.1 Å². The van der Waals surface area contributed by atoms with E-state index in [0.717, 1.165) is 32.6 Å². The molecule has 0 saturated carbocycles. The van der Waals surface area contributed by atoms with Gasteiger partial charge < -0.3 is 14.5 Å². The van der Waals surface area contributed by atoms with Crippen LogP contribution in [-0.2, 0) is 6.54 Å². The number of nitrogens with one attached hydrogen (secondary N) is 1. The maximum Gasteiger partial charge on any atom is 0.176 e. The minimum atomic E-state index is 0.638. The van der Waals surface area contributed by atoms with Crippen LogP contribution in [0.5, 0.6) is 5.75 Å². The van der Waals surface area contributed by atoms with Crippen LogP contribution in [0.4, 0.5) is 5.69 Å². The first-order valence-electron chi connectivity index (χ1n) is 6.73. The third-order valence-corrected chi connectivity index (χ3v) is 4.29. The summed E-state index contributed by atoms with van der Waals surface area (Å²) in [6.07, 6.45) is 0. The Labute approximate surface area is 132 Å². The lowest BCUT2D eigenvalue weighted by Gasteiger charge is -2.06. The molecular weight excluding hydrogens is 330 g/mol. The first-order chi connectivity index (χ1) is 10.2. The highest BCUT2D eigenvalue weighted by Gasteiger charge is 2.08. The lowest BCUT2D eigenvalue weighted by molar-refractivity contribution is 0.408. The van der Waals surface area contributed by atoms with Gasteiger partial charge in [0.05, 0.1) is 13.7 Å². The number of halogens is 1. The first-order valence-corrected chi connectivity index (χ1v) is 7.52. The van der Waals surface area contributed by atoms with Gasteiger partial charge in [-0.1, -0.05) is 28.1 Å². The summed E-state index contributed by atoms with van der Waals surface area (Å²) in [6, 6.07) is 14.1. The minimum Gasteiger partial charge on any atom is -0.493 e. The average Bonchev–Trinajstić information content (AvgIpc) is 2.91. The van der Waals surface area contributed by atoms with Crippen molar-refractivity contribution >= 4 is 32.6 Å². The van der Waals surface area contributed by atoms with E-state index in [1.54, 1.807) is 7.11 Å². The molecular formula is C17H16BrNO2. The zero-order chi connectivity index (χ0) is 14.8. The summed E-state index contributed by atoms with van der Waals surface area (Å²) in [7, 11) is 1.65. The predicted molar refractivity (Wildman–Crippen MR) is 89.0 cm³/mol. The fourth-order valence-corrected chi connectivity index (χ4v) is 2.53. The quantitative estimate of drug-likeness (QED) is 0.712. The van der Waals surface area contributed by atoms with Gasteiger partial charge in [0.15, 0.2) is 11.3 Å². The number of ether oxygens (including phenoxy) is 1. The Balaban J connectivity index is 1.80. The van der Waals surface area contributed by atoms with Crippen molar-refractivity contribution in [2.45, 2.75) is 13.5 Å². The summed E-state index contributed by atoms with van der Waals surface area (Å²) in [5.74, 6) is 1.65. The second-order valence-electron chi connectivity index (χ2n) is 4.91. The number of para-hydroxylation sites is 1. The number of aryl methyl sites for hydroxylation is 1. The Morgan fingerprint density at radius 3 is 2.81 bits per heavy atom. The fraction of sp³-hybridized carbons (Fsp3) is 0.176. The molecule has 1 heterocycles. The van der Waals surface area contributed by atoms with Crippen LogP contribution in [0.15, 0.2) is 51.4 Å². The Morgan fingerprint density at radius 2 is 2.05 bits per heavy atom. The normalized spacial score (nSPS) is 10.8. The summed E-state index contributed by atoms with van der Waals surface area (Å²) in [5, 5.41) is 4.43. The molecule has 0 saturated heterocycles. The number of fused-ring (bicyclic) bond motifs is 1. The maximum atomic E-state index is 5.87. The predicted octanol–water partition coefficient (Wildman–Crippen LogP) is 5.12. The Hall–Kier alpha value is -1.94. The van der Waals surface area contributed by atoms with E-state index in [4.69, 9.17) is 9.15 Å². The zero-order valence-corrected chi connectivity index (χ0v) is 13.5. The van der Waals surface area contributed by atoms with Crippen molar-refractivity contribution in [2.75, 3.05) is 12.4 Å². The molecule has 0 fully saturated rings. The van der Waals surface area contributed by atoms with E-state index in [-0.39, 0.29) is 0 Å². The molecule has 21 heavy (non-hydrogen) atoms. The number of benzene rings is 2. The summed E-state index contributed by atoms with van der Waals surface area (Å²) in [4.78, 5) is 0. The van der Waals surface area contributed by atoms with Crippen LogP contribution >= 0.6 is 15.9 Å². The summed E-state index contributed by atoms with van der Waals surface area (Å²) < 4.78 is 12.3. The van der Waals surface area contributed by atoms with Crippen molar-refractivity contribution in [3.05, 3.63) is 58.3 Å². The molecule has 3 rings (SSSR count). The standard InChI is InChI=1S/C17H16BrNO2/c1-11-8-13(6-7-15(11)18)19-10-14-9-12-4-3-5-16(20-2)17(12)21-14/h3-9,19H,10H2,1-2H3. The summed E-state index contributed by atoms with van der Waals surface area (Å²) >= 11 is 3.50. The number of anilines is 1. The molecule has 1 aromatic heterocycles. The molecule has 0 spiro atoms. The van der Waals surface area contributed by atoms with Gasteiger partial charge in [0.1, 0.15) is 5.76 Å². The molecule has 0 unspecified atom stereocenters. The highest BCUT2D eigenvalue weighted by atomic mass is 79.9. The van der Waals surface area contributed by atoms with E-state index >= 15 is 0 Å². The first kappa shape index (κ1) is 14.0. The van der Waals surface area contributed by atoms with E-state index in [1.807, 2.05) is 36.4 Å².